The number of carbonyl (C=O) groups excluding carboxylic acids is 2. The maximum atomic E-state index is 13.4. The first-order chi connectivity index (χ1) is 20.8. The highest BCUT2D eigenvalue weighted by atomic mass is 19.1. The second kappa shape index (κ2) is 13.8. The molecular formula is C35H41FN4O4. The summed E-state index contributed by atoms with van der Waals surface area (Å²) in [6.45, 7) is 11.9. The first-order valence-electron chi connectivity index (χ1n) is 14.8. The Morgan fingerprint density at radius 3 is 2.27 bits per heavy atom. The highest BCUT2D eigenvalue weighted by molar-refractivity contribution is 5.73. The molecule has 0 radical (unpaired) electrons. The monoisotopic (exact) mass is 600 g/mol. The number of benzene rings is 2. The molecule has 0 saturated carbocycles. The van der Waals surface area contributed by atoms with Crippen molar-refractivity contribution in [2.75, 3.05) is 0 Å². The van der Waals surface area contributed by atoms with Crippen molar-refractivity contribution >= 4 is 12.2 Å². The minimum Gasteiger partial charge on any atom is -0.445 e. The smallest absolute Gasteiger partial charge is 0.420 e. The molecule has 0 aliphatic heterocycles. The predicted octanol–water partition coefficient (Wildman–Crippen LogP) is 8.06. The summed E-state index contributed by atoms with van der Waals surface area (Å²) in [6.07, 6.45) is 3.53. The Balaban J connectivity index is 1.67. The van der Waals surface area contributed by atoms with E-state index in [9.17, 15) is 14.0 Å². The molecule has 1 amide bonds. The average molecular weight is 601 g/mol. The zero-order chi connectivity index (χ0) is 31.9. The van der Waals surface area contributed by atoms with E-state index in [4.69, 9.17) is 14.5 Å². The first-order valence-corrected chi connectivity index (χ1v) is 14.8. The van der Waals surface area contributed by atoms with Crippen LogP contribution in [0.3, 0.4) is 0 Å². The molecule has 0 spiro atoms. The molecule has 0 saturated heterocycles. The van der Waals surface area contributed by atoms with E-state index in [1.165, 1.54) is 16.8 Å². The molecule has 0 fully saturated rings. The van der Waals surface area contributed by atoms with Crippen LogP contribution in [0.25, 0.3) is 11.3 Å². The summed E-state index contributed by atoms with van der Waals surface area (Å²) >= 11 is 0. The van der Waals surface area contributed by atoms with Gasteiger partial charge in [-0.2, -0.15) is 0 Å². The second-order valence-electron chi connectivity index (χ2n) is 12.7. The van der Waals surface area contributed by atoms with Crippen LogP contribution < -0.4 is 5.32 Å². The summed E-state index contributed by atoms with van der Waals surface area (Å²) in [4.78, 5) is 35.6. The highest BCUT2D eigenvalue weighted by Gasteiger charge is 2.29. The lowest BCUT2D eigenvalue weighted by Crippen LogP contribution is -2.35. The fourth-order valence-corrected chi connectivity index (χ4v) is 4.56. The molecule has 44 heavy (non-hydrogen) atoms. The number of aromatic nitrogens is 3. The molecule has 1 N–H and O–H groups in total. The van der Waals surface area contributed by atoms with Gasteiger partial charge in [0, 0.05) is 18.2 Å². The van der Waals surface area contributed by atoms with Gasteiger partial charge in [0.25, 0.3) is 0 Å². The maximum Gasteiger partial charge on any atom is 0.420 e. The Labute approximate surface area is 258 Å². The molecule has 0 aliphatic carbocycles. The molecular weight excluding hydrogens is 559 g/mol. The van der Waals surface area contributed by atoms with Crippen LogP contribution in [0.1, 0.15) is 76.7 Å². The van der Waals surface area contributed by atoms with E-state index in [2.05, 4.69) is 31.1 Å². The summed E-state index contributed by atoms with van der Waals surface area (Å²) in [7, 11) is 0. The van der Waals surface area contributed by atoms with Crippen molar-refractivity contribution in [2.45, 2.75) is 79.1 Å². The van der Waals surface area contributed by atoms with E-state index < -0.39 is 29.6 Å². The Morgan fingerprint density at radius 1 is 0.955 bits per heavy atom. The van der Waals surface area contributed by atoms with Crippen molar-refractivity contribution in [3.05, 3.63) is 108 Å². The van der Waals surface area contributed by atoms with Crippen LogP contribution in [0.2, 0.25) is 0 Å². The van der Waals surface area contributed by atoms with Crippen molar-refractivity contribution in [1.82, 2.24) is 19.9 Å². The van der Waals surface area contributed by atoms with Crippen molar-refractivity contribution in [3.8, 4) is 11.3 Å². The van der Waals surface area contributed by atoms with Crippen LogP contribution in [-0.4, -0.2) is 32.3 Å². The van der Waals surface area contributed by atoms with E-state index in [0.29, 0.717) is 24.4 Å². The van der Waals surface area contributed by atoms with Gasteiger partial charge in [0.2, 0.25) is 0 Å². The molecule has 232 valence electrons. The summed E-state index contributed by atoms with van der Waals surface area (Å²) < 4.78 is 26.0. The molecule has 2 aromatic heterocycles. The summed E-state index contributed by atoms with van der Waals surface area (Å²) in [5, 5.41) is 2.95. The van der Waals surface area contributed by atoms with Crippen molar-refractivity contribution in [1.29, 1.82) is 0 Å². The fraction of sp³-hybridized carbons (Fsp3) is 0.371. The number of alkyl carbamates (subject to hydrolysis) is 1. The molecule has 9 heteroatoms. The maximum absolute atomic E-state index is 13.4. The van der Waals surface area contributed by atoms with Gasteiger partial charge in [-0.1, -0.05) is 81.8 Å². The summed E-state index contributed by atoms with van der Waals surface area (Å²) in [6, 6.07) is 19.2. The summed E-state index contributed by atoms with van der Waals surface area (Å²) in [5.41, 5.74) is 3.12. The van der Waals surface area contributed by atoms with Gasteiger partial charge in [-0.25, -0.2) is 23.5 Å². The number of hydrogen-bond acceptors (Lipinski definition) is 6. The van der Waals surface area contributed by atoms with Crippen molar-refractivity contribution in [2.24, 2.45) is 5.41 Å². The van der Waals surface area contributed by atoms with E-state index >= 15 is 0 Å². The van der Waals surface area contributed by atoms with Crippen molar-refractivity contribution < 1.29 is 23.5 Å². The number of nitrogens with zero attached hydrogens (tertiary/aromatic N) is 3. The number of hydrogen-bond donors (Lipinski definition) is 1. The van der Waals surface area contributed by atoms with Crippen LogP contribution in [0.15, 0.2) is 79.1 Å². The number of ether oxygens (including phenoxy) is 2. The lowest BCUT2D eigenvalue weighted by atomic mass is 9.85. The Kier molecular flexibility index (Phi) is 10.2. The minimum atomic E-state index is -0.733. The molecule has 4 aromatic rings. The molecule has 1 atom stereocenters. The molecule has 1 unspecified atom stereocenters. The van der Waals surface area contributed by atoms with E-state index in [1.807, 2.05) is 54.6 Å². The van der Waals surface area contributed by atoms with Gasteiger partial charge in [0.1, 0.15) is 23.8 Å². The number of nitrogens with one attached hydrogen (secondary N) is 1. The van der Waals surface area contributed by atoms with Crippen LogP contribution in [-0.2, 0) is 28.9 Å². The number of carbonyl (C=O) groups is 2. The lowest BCUT2D eigenvalue weighted by Gasteiger charge is -2.23. The number of halogens is 1. The number of imidazole rings is 1. The lowest BCUT2D eigenvalue weighted by molar-refractivity contribution is 0.0527. The zero-order valence-electron chi connectivity index (χ0n) is 26.3. The highest BCUT2D eigenvalue weighted by Crippen LogP contribution is 2.28. The third kappa shape index (κ3) is 9.23. The normalized spacial score (nSPS) is 12.4. The van der Waals surface area contributed by atoms with Gasteiger partial charge in [-0.3, -0.25) is 4.98 Å². The first kappa shape index (κ1) is 32.4. The van der Waals surface area contributed by atoms with Crippen molar-refractivity contribution in [3.63, 3.8) is 0 Å². The third-order valence-corrected chi connectivity index (χ3v) is 7.22. The number of pyridine rings is 1. The van der Waals surface area contributed by atoms with E-state index in [1.54, 1.807) is 33.0 Å². The van der Waals surface area contributed by atoms with Crippen LogP contribution in [0.4, 0.5) is 14.0 Å². The van der Waals surface area contributed by atoms with Gasteiger partial charge in [-0.15, -0.1) is 0 Å². The van der Waals surface area contributed by atoms with Gasteiger partial charge >= 0.3 is 12.2 Å². The molecule has 8 nitrogen and oxygen atoms in total. The SMILES string of the molecule is CCC(C)(C)Cc1cn(C(=O)OC(C)(C)C)c(C(Cc2ccc(-c3ccc(F)cn3)cc2)NC(=O)OCc2ccccc2)n1. The second-order valence-corrected chi connectivity index (χ2v) is 12.7. The zero-order valence-corrected chi connectivity index (χ0v) is 26.3. The number of amides is 1. The van der Waals surface area contributed by atoms with Crippen LogP contribution in [0.5, 0.6) is 0 Å². The number of rotatable bonds is 10. The topological polar surface area (TPSA) is 95.3 Å². The van der Waals surface area contributed by atoms with Gasteiger partial charge in [0.15, 0.2) is 0 Å². The minimum absolute atomic E-state index is 0.0495. The molecule has 2 aromatic carbocycles. The van der Waals surface area contributed by atoms with Gasteiger partial charge < -0.3 is 14.8 Å². The van der Waals surface area contributed by atoms with E-state index in [0.717, 1.165) is 28.8 Å². The Morgan fingerprint density at radius 2 is 1.66 bits per heavy atom. The molecule has 2 heterocycles. The molecule has 4 rings (SSSR count). The van der Waals surface area contributed by atoms with E-state index in [-0.39, 0.29) is 12.0 Å². The van der Waals surface area contributed by atoms with Gasteiger partial charge in [0.05, 0.1) is 23.6 Å². The molecule has 0 aliphatic rings. The van der Waals surface area contributed by atoms with Crippen LogP contribution in [0, 0.1) is 11.2 Å². The van der Waals surface area contributed by atoms with Crippen LogP contribution >= 0.6 is 0 Å². The quantitative estimate of drug-likeness (QED) is 0.198. The summed E-state index contributed by atoms with van der Waals surface area (Å²) in [5.74, 6) is -0.0530. The average Bonchev–Trinajstić information content (AvgIpc) is 3.39. The Hall–Kier alpha value is -4.53. The largest absolute Gasteiger partial charge is 0.445 e. The standard InChI is InChI=1S/C35H41FN4O4/c1-7-35(5,6)20-28-22-40(33(42)44-34(2,3)4)31(38-28)30(39-32(41)43-23-25-11-9-8-10-12-25)19-24-13-15-26(16-14-24)29-18-17-27(36)21-37-29/h8-18,21-22,30H,7,19-20,23H2,1-6H3,(H,39,41). The molecule has 0 bridgehead atoms. The predicted molar refractivity (Wildman–Crippen MR) is 167 cm³/mol. The fourth-order valence-electron chi connectivity index (χ4n) is 4.56. The third-order valence-electron chi connectivity index (χ3n) is 7.22. The Bertz CT molecular complexity index is 1540. The van der Waals surface area contributed by atoms with Gasteiger partial charge in [-0.05, 0) is 55.9 Å².